The van der Waals surface area contributed by atoms with Crippen molar-refractivity contribution < 1.29 is 4.74 Å². The first-order valence-corrected chi connectivity index (χ1v) is 8.00. The van der Waals surface area contributed by atoms with Crippen molar-refractivity contribution in [2.24, 2.45) is 5.41 Å². The summed E-state index contributed by atoms with van der Waals surface area (Å²) in [5, 5.41) is 3.39. The zero-order valence-electron chi connectivity index (χ0n) is 12.4. The Balaban J connectivity index is 1.50. The average molecular weight is 267 g/mol. The van der Waals surface area contributed by atoms with Gasteiger partial charge >= 0.3 is 0 Å². The Hall–Kier alpha value is -0.160. The smallest absolute Gasteiger partial charge is 0.0546 e. The molecule has 1 saturated carbocycles. The van der Waals surface area contributed by atoms with Crippen LogP contribution in [0.2, 0.25) is 0 Å². The molecule has 0 spiro atoms. The number of nitrogens with one attached hydrogen (secondary N) is 1. The Kier molecular flexibility index (Phi) is 4.42. The van der Waals surface area contributed by atoms with E-state index in [4.69, 9.17) is 4.74 Å². The summed E-state index contributed by atoms with van der Waals surface area (Å²) in [5.74, 6) is 0. The minimum Gasteiger partial charge on any atom is -0.381 e. The topological polar surface area (TPSA) is 27.7 Å². The average Bonchev–Trinajstić information content (AvgIpc) is 3.25. The Morgan fingerprint density at radius 2 is 2.00 bits per heavy atom. The lowest BCUT2D eigenvalue weighted by molar-refractivity contribution is -0.0324. The van der Waals surface area contributed by atoms with Crippen LogP contribution in [-0.2, 0) is 4.74 Å². The van der Waals surface area contributed by atoms with Crippen LogP contribution < -0.4 is 5.32 Å². The molecule has 4 heteroatoms. The Morgan fingerprint density at radius 1 is 1.21 bits per heavy atom. The highest BCUT2D eigenvalue weighted by Crippen LogP contribution is 2.31. The van der Waals surface area contributed by atoms with Gasteiger partial charge in [-0.3, -0.25) is 4.90 Å². The van der Waals surface area contributed by atoms with Crippen molar-refractivity contribution in [1.29, 1.82) is 0 Å². The van der Waals surface area contributed by atoms with E-state index in [9.17, 15) is 0 Å². The molecule has 0 radical (unpaired) electrons. The summed E-state index contributed by atoms with van der Waals surface area (Å²) in [7, 11) is 2.07. The molecule has 1 unspecified atom stereocenters. The van der Waals surface area contributed by atoms with E-state index in [1.54, 1.807) is 0 Å². The summed E-state index contributed by atoms with van der Waals surface area (Å²) >= 11 is 0. The molecule has 2 heterocycles. The molecular formula is C15H29N3O. The molecule has 2 saturated heterocycles. The lowest BCUT2D eigenvalue weighted by atomic mass is 9.81. The fourth-order valence-corrected chi connectivity index (χ4v) is 3.81. The van der Waals surface area contributed by atoms with E-state index in [0.717, 1.165) is 25.8 Å². The first-order valence-electron chi connectivity index (χ1n) is 8.00. The van der Waals surface area contributed by atoms with E-state index in [1.807, 2.05) is 0 Å². The highest BCUT2D eigenvalue weighted by molar-refractivity contribution is 4.91. The minimum atomic E-state index is 0.356. The lowest BCUT2D eigenvalue weighted by Crippen LogP contribution is -2.54. The summed E-state index contributed by atoms with van der Waals surface area (Å²) in [5.41, 5.74) is 0.356. The fourth-order valence-electron chi connectivity index (χ4n) is 3.81. The second-order valence-corrected chi connectivity index (χ2v) is 6.73. The van der Waals surface area contributed by atoms with Crippen molar-refractivity contribution in [3.8, 4) is 0 Å². The van der Waals surface area contributed by atoms with E-state index in [-0.39, 0.29) is 0 Å². The van der Waals surface area contributed by atoms with Crippen LogP contribution in [0.3, 0.4) is 0 Å². The van der Waals surface area contributed by atoms with Gasteiger partial charge in [-0.25, -0.2) is 0 Å². The Morgan fingerprint density at radius 3 is 2.58 bits per heavy atom. The molecule has 0 bridgehead atoms. The number of piperazine rings is 1. The summed E-state index contributed by atoms with van der Waals surface area (Å²) in [4.78, 5) is 5.36. The van der Waals surface area contributed by atoms with Crippen LogP contribution >= 0.6 is 0 Å². The summed E-state index contributed by atoms with van der Waals surface area (Å²) in [6.07, 6.45) is 5.43. The predicted octanol–water partition coefficient (Wildman–Crippen LogP) is 0.783. The second kappa shape index (κ2) is 6.08. The van der Waals surface area contributed by atoms with Crippen molar-refractivity contribution in [2.75, 3.05) is 59.5 Å². The van der Waals surface area contributed by atoms with Crippen LogP contribution in [0.4, 0.5) is 0 Å². The highest BCUT2D eigenvalue weighted by atomic mass is 16.5. The standard InChI is InChI=1S/C15H29N3O/c1-16-11-15(5-2-10-19-13-15)12-17-6-8-18(9-7-17)14-3-4-14/h14,16H,2-13H2,1H3. The van der Waals surface area contributed by atoms with Crippen LogP contribution in [0.15, 0.2) is 0 Å². The minimum absolute atomic E-state index is 0.356. The van der Waals surface area contributed by atoms with Gasteiger partial charge in [0.15, 0.2) is 0 Å². The Labute approximate surface area is 117 Å². The van der Waals surface area contributed by atoms with E-state index >= 15 is 0 Å². The summed E-state index contributed by atoms with van der Waals surface area (Å²) in [6, 6.07) is 0.937. The number of hydrogen-bond donors (Lipinski definition) is 1. The van der Waals surface area contributed by atoms with Crippen LogP contribution in [-0.4, -0.2) is 75.4 Å². The molecule has 110 valence electrons. The largest absolute Gasteiger partial charge is 0.381 e. The highest BCUT2D eigenvalue weighted by Gasteiger charge is 2.36. The van der Waals surface area contributed by atoms with Gasteiger partial charge in [-0.1, -0.05) is 0 Å². The zero-order chi connectivity index (χ0) is 13.1. The number of nitrogens with zero attached hydrogens (tertiary/aromatic N) is 2. The first-order chi connectivity index (χ1) is 9.31. The number of rotatable bonds is 5. The van der Waals surface area contributed by atoms with Gasteiger partial charge in [0.1, 0.15) is 0 Å². The van der Waals surface area contributed by atoms with Gasteiger partial charge in [-0.05, 0) is 32.7 Å². The van der Waals surface area contributed by atoms with Gasteiger partial charge in [0.25, 0.3) is 0 Å². The van der Waals surface area contributed by atoms with Crippen molar-refractivity contribution in [2.45, 2.75) is 31.7 Å². The Bertz CT molecular complexity index is 274. The molecular weight excluding hydrogens is 238 g/mol. The second-order valence-electron chi connectivity index (χ2n) is 6.73. The normalized spacial score (nSPS) is 34.6. The van der Waals surface area contributed by atoms with E-state index in [0.29, 0.717) is 5.41 Å². The molecule has 1 N–H and O–H groups in total. The first kappa shape index (κ1) is 13.8. The maximum absolute atomic E-state index is 5.77. The van der Waals surface area contributed by atoms with Gasteiger partial charge in [-0.15, -0.1) is 0 Å². The van der Waals surface area contributed by atoms with Crippen molar-refractivity contribution in [3.63, 3.8) is 0 Å². The maximum Gasteiger partial charge on any atom is 0.0546 e. The third kappa shape index (κ3) is 3.48. The SMILES string of the molecule is CNCC1(CN2CCN(C3CC3)CC2)CCCOC1. The van der Waals surface area contributed by atoms with E-state index in [1.165, 1.54) is 58.4 Å². The molecule has 0 aromatic heterocycles. The van der Waals surface area contributed by atoms with Crippen LogP contribution in [0.25, 0.3) is 0 Å². The molecule has 0 aromatic carbocycles. The van der Waals surface area contributed by atoms with Gasteiger partial charge in [-0.2, -0.15) is 0 Å². The van der Waals surface area contributed by atoms with Gasteiger partial charge in [0, 0.05) is 57.3 Å². The maximum atomic E-state index is 5.77. The van der Waals surface area contributed by atoms with Crippen molar-refractivity contribution in [3.05, 3.63) is 0 Å². The molecule has 19 heavy (non-hydrogen) atoms. The zero-order valence-corrected chi connectivity index (χ0v) is 12.4. The lowest BCUT2D eigenvalue weighted by Gasteiger charge is -2.43. The monoisotopic (exact) mass is 267 g/mol. The van der Waals surface area contributed by atoms with Crippen LogP contribution in [0.5, 0.6) is 0 Å². The molecule has 2 aliphatic heterocycles. The summed E-state index contributed by atoms with van der Waals surface area (Å²) < 4.78 is 5.77. The quantitative estimate of drug-likeness (QED) is 0.797. The molecule has 3 aliphatic rings. The molecule has 1 atom stereocenters. The fraction of sp³-hybridized carbons (Fsp3) is 1.00. The van der Waals surface area contributed by atoms with Gasteiger partial charge in [0.05, 0.1) is 6.61 Å². The third-order valence-corrected chi connectivity index (χ3v) is 4.98. The molecule has 3 rings (SSSR count). The third-order valence-electron chi connectivity index (χ3n) is 4.98. The molecule has 4 nitrogen and oxygen atoms in total. The number of hydrogen-bond acceptors (Lipinski definition) is 4. The summed E-state index contributed by atoms with van der Waals surface area (Å²) in [6.45, 7) is 9.27. The van der Waals surface area contributed by atoms with E-state index in [2.05, 4.69) is 22.2 Å². The molecule has 3 fully saturated rings. The van der Waals surface area contributed by atoms with Gasteiger partial charge in [0.2, 0.25) is 0 Å². The van der Waals surface area contributed by atoms with Crippen LogP contribution in [0, 0.1) is 5.41 Å². The molecule has 0 aromatic rings. The van der Waals surface area contributed by atoms with Crippen molar-refractivity contribution >= 4 is 0 Å². The van der Waals surface area contributed by atoms with Crippen LogP contribution in [0.1, 0.15) is 25.7 Å². The number of ether oxygens (including phenoxy) is 1. The molecule has 1 aliphatic carbocycles. The van der Waals surface area contributed by atoms with Gasteiger partial charge < -0.3 is 15.0 Å². The molecule has 0 amide bonds. The van der Waals surface area contributed by atoms with Crippen molar-refractivity contribution in [1.82, 2.24) is 15.1 Å². The van der Waals surface area contributed by atoms with E-state index < -0.39 is 0 Å². The predicted molar refractivity (Wildman–Crippen MR) is 77.4 cm³/mol.